The number of carbonyl (C=O) groups is 1. The Bertz CT molecular complexity index is 1030. The Morgan fingerprint density at radius 3 is 2.89 bits per heavy atom. The Hall–Kier alpha value is -2.86. The highest BCUT2D eigenvalue weighted by atomic mass is 35.5. The molecule has 0 aliphatic rings. The Morgan fingerprint density at radius 1 is 1.36 bits per heavy atom. The van der Waals surface area contributed by atoms with Gasteiger partial charge in [-0.3, -0.25) is 9.78 Å². The van der Waals surface area contributed by atoms with E-state index in [1.165, 1.54) is 6.07 Å². The van der Waals surface area contributed by atoms with Gasteiger partial charge < -0.3 is 14.5 Å². The molecule has 0 aliphatic carbocycles. The van der Waals surface area contributed by atoms with Crippen molar-refractivity contribution in [3.63, 3.8) is 0 Å². The number of aryl methyl sites for hydroxylation is 1. The molecule has 0 unspecified atom stereocenters. The topological polar surface area (TPSA) is 81.4 Å². The highest BCUT2D eigenvalue weighted by Gasteiger charge is 2.18. The van der Waals surface area contributed by atoms with Crippen molar-refractivity contribution in [1.82, 2.24) is 10.3 Å². The van der Waals surface area contributed by atoms with E-state index in [4.69, 9.17) is 20.8 Å². The van der Waals surface area contributed by atoms with Gasteiger partial charge in [0.05, 0.1) is 5.02 Å². The first kappa shape index (κ1) is 19.9. The summed E-state index contributed by atoms with van der Waals surface area (Å²) < 4.78 is 11.0. The van der Waals surface area contributed by atoms with Crippen LogP contribution in [0.25, 0.3) is 11.0 Å². The predicted molar refractivity (Wildman–Crippen MR) is 108 cm³/mol. The summed E-state index contributed by atoms with van der Waals surface area (Å²) in [5.41, 5.74) is 1.73. The first-order chi connectivity index (χ1) is 13.5. The van der Waals surface area contributed by atoms with Gasteiger partial charge >= 0.3 is 5.63 Å². The lowest BCUT2D eigenvalue weighted by Gasteiger charge is -2.16. The zero-order valence-electron chi connectivity index (χ0n) is 15.7. The summed E-state index contributed by atoms with van der Waals surface area (Å²) in [5.74, 6) is -0.00352. The number of nitrogens with one attached hydrogen (secondary N) is 1. The van der Waals surface area contributed by atoms with Crippen molar-refractivity contribution < 1.29 is 13.9 Å². The third-order valence-corrected chi connectivity index (χ3v) is 4.56. The SMILES string of the molecule is CCCc1cc(=O)oc2cc(O[C@H](C)C(=O)NCc3cccnc3)c(Cl)cc12. The minimum atomic E-state index is -0.780. The second kappa shape index (κ2) is 8.89. The van der Waals surface area contributed by atoms with Crippen molar-refractivity contribution in [3.05, 3.63) is 69.3 Å². The third kappa shape index (κ3) is 4.70. The van der Waals surface area contributed by atoms with Crippen LogP contribution in [0, 0.1) is 0 Å². The molecule has 0 radical (unpaired) electrons. The molecule has 0 saturated heterocycles. The number of benzene rings is 1. The molecule has 1 amide bonds. The Kier molecular flexibility index (Phi) is 6.31. The van der Waals surface area contributed by atoms with Crippen LogP contribution in [0.15, 0.2) is 51.9 Å². The van der Waals surface area contributed by atoms with Gasteiger partial charge in [0.25, 0.3) is 5.91 Å². The quantitative estimate of drug-likeness (QED) is 0.609. The lowest BCUT2D eigenvalue weighted by molar-refractivity contribution is -0.127. The van der Waals surface area contributed by atoms with E-state index in [0.29, 0.717) is 17.2 Å². The normalized spacial score (nSPS) is 12.0. The molecular weight excluding hydrogens is 380 g/mol. The van der Waals surface area contributed by atoms with Gasteiger partial charge in [0.1, 0.15) is 11.3 Å². The molecule has 2 aromatic heterocycles. The first-order valence-corrected chi connectivity index (χ1v) is 9.45. The van der Waals surface area contributed by atoms with Crippen molar-refractivity contribution in [2.24, 2.45) is 0 Å². The molecular formula is C21H21ClN2O4. The average Bonchev–Trinajstić information content (AvgIpc) is 2.68. The number of amides is 1. The number of hydrogen-bond acceptors (Lipinski definition) is 5. The van der Waals surface area contributed by atoms with E-state index in [-0.39, 0.29) is 11.7 Å². The fraction of sp³-hybridized carbons (Fsp3) is 0.286. The van der Waals surface area contributed by atoms with Crippen LogP contribution in [0.5, 0.6) is 5.75 Å². The summed E-state index contributed by atoms with van der Waals surface area (Å²) in [6, 6.07) is 8.42. The van der Waals surface area contributed by atoms with Gasteiger partial charge in [-0.15, -0.1) is 0 Å². The largest absolute Gasteiger partial charge is 0.479 e. The summed E-state index contributed by atoms with van der Waals surface area (Å²) in [7, 11) is 0. The Balaban J connectivity index is 1.76. The minimum Gasteiger partial charge on any atom is -0.479 e. The molecule has 0 bridgehead atoms. The van der Waals surface area contributed by atoms with E-state index >= 15 is 0 Å². The van der Waals surface area contributed by atoms with E-state index in [2.05, 4.69) is 10.3 Å². The highest BCUT2D eigenvalue weighted by Crippen LogP contribution is 2.32. The molecule has 3 aromatic rings. The van der Waals surface area contributed by atoms with Crippen molar-refractivity contribution in [2.45, 2.75) is 39.3 Å². The Labute approximate surface area is 167 Å². The van der Waals surface area contributed by atoms with Crippen LogP contribution in [0.1, 0.15) is 31.4 Å². The Morgan fingerprint density at radius 2 is 2.18 bits per heavy atom. The van der Waals surface area contributed by atoms with Crippen LogP contribution in [0.3, 0.4) is 0 Å². The maximum absolute atomic E-state index is 12.3. The van der Waals surface area contributed by atoms with E-state index < -0.39 is 11.7 Å². The van der Waals surface area contributed by atoms with E-state index in [1.54, 1.807) is 37.5 Å². The molecule has 2 heterocycles. The smallest absolute Gasteiger partial charge is 0.336 e. The molecule has 0 aliphatic heterocycles. The van der Waals surface area contributed by atoms with Crippen molar-refractivity contribution in [1.29, 1.82) is 0 Å². The summed E-state index contributed by atoms with van der Waals surface area (Å²) in [6.45, 7) is 4.01. The number of nitrogens with zero attached hydrogens (tertiary/aromatic N) is 1. The molecule has 1 aromatic carbocycles. The van der Waals surface area contributed by atoms with Gasteiger partial charge in [0.15, 0.2) is 6.10 Å². The van der Waals surface area contributed by atoms with Gasteiger partial charge in [-0.25, -0.2) is 4.79 Å². The van der Waals surface area contributed by atoms with Crippen molar-refractivity contribution in [3.8, 4) is 5.75 Å². The number of hydrogen-bond donors (Lipinski definition) is 1. The minimum absolute atomic E-state index is 0.287. The molecule has 0 spiro atoms. The number of ether oxygens (including phenoxy) is 1. The molecule has 0 saturated carbocycles. The number of fused-ring (bicyclic) bond motifs is 1. The molecule has 0 fully saturated rings. The monoisotopic (exact) mass is 400 g/mol. The second-order valence-electron chi connectivity index (χ2n) is 6.46. The van der Waals surface area contributed by atoms with Crippen LogP contribution < -0.4 is 15.7 Å². The number of rotatable bonds is 7. The van der Waals surface area contributed by atoms with Crippen LogP contribution >= 0.6 is 11.6 Å². The molecule has 3 rings (SSSR count). The number of halogens is 1. The summed E-state index contributed by atoms with van der Waals surface area (Å²) >= 11 is 6.35. The molecule has 7 heteroatoms. The van der Waals surface area contributed by atoms with Gasteiger partial charge in [-0.1, -0.05) is 31.0 Å². The maximum Gasteiger partial charge on any atom is 0.336 e. The lowest BCUT2D eigenvalue weighted by Crippen LogP contribution is -2.36. The van der Waals surface area contributed by atoms with Gasteiger partial charge in [0, 0.05) is 36.5 Å². The van der Waals surface area contributed by atoms with Crippen molar-refractivity contribution in [2.75, 3.05) is 0 Å². The van der Waals surface area contributed by atoms with Gasteiger partial charge in [0.2, 0.25) is 0 Å². The predicted octanol–water partition coefficient (Wildman–Crippen LogP) is 3.88. The van der Waals surface area contributed by atoms with Crippen LogP contribution in [-0.4, -0.2) is 17.0 Å². The molecule has 146 valence electrons. The fourth-order valence-corrected chi connectivity index (χ4v) is 3.08. The molecule has 6 nitrogen and oxygen atoms in total. The van der Waals surface area contributed by atoms with Gasteiger partial charge in [-0.2, -0.15) is 0 Å². The van der Waals surface area contributed by atoms with Crippen molar-refractivity contribution >= 4 is 28.5 Å². The van der Waals surface area contributed by atoms with Crippen LogP contribution in [0.4, 0.5) is 0 Å². The molecule has 1 atom stereocenters. The average molecular weight is 401 g/mol. The van der Waals surface area contributed by atoms with Gasteiger partial charge in [-0.05, 0) is 36.6 Å². The zero-order valence-corrected chi connectivity index (χ0v) is 16.5. The summed E-state index contributed by atoms with van der Waals surface area (Å²) in [6.07, 6.45) is 4.21. The zero-order chi connectivity index (χ0) is 20.1. The number of carbonyl (C=O) groups excluding carboxylic acids is 1. The standard InChI is InChI=1S/C21H21ClN2O4/c1-3-5-15-8-20(25)28-18-10-19(17(22)9-16(15)18)27-13(2)21(26)24-12-14-6-4-7-23-11-14/h4,6-11,13H,3,5,12H2,1-2H3,(H,24,26)/t13-/m1/s1. The third-order valence-electron chi connectivity index (χ3n) is 4.26. The molecule has 1 N–H and O–H groups in total. The summed E-state index contributed by atoms with van der Waals surface area (Å²) in [5, 5.41) is 3.91. The molecule has 28 heavy (non-hydrogen) atoms. The summed E-state index contributed by atoms with van der Waals surface area (Å²) in [4.78, 5) is 28.1. The number of pyridine rings is 1. The van der Waals surface area contributed by atoms with Crippen LogP contribution in [0.2, 0.25) is 5.02 Å². The van der Waals surface area contributed by atoms with Crippen LogP contribution in [-0.2, 0) is 17.8 Å². The fourth-order valence-electron chi connectivity index (χ4n) is 2.87. The first-order valence-electron chi connectivity index (χ1n) is 9.07. The number of aromatic nitrogens is 1. The second-order valence-corrected chi connectivity index (χ2v) is 6.87. The van der Waals surface area contributed by atoms with E-state index in [1.807, 2.05) is 13.0 Å². The van der Waals surface area contributed by atoms with E-state index in [0.717, 1.165) is 29.4 Å². The lowest BCUT2D eigenvalue weighted by atomic mass is 10.1. The van der Waals surface area contributed by atoms with E-state index in [9.17, 15) is 9.59 Å². The highest BCUT2D eigenvalue weighted by molar-refractivity contribution is 6.32. The maximum atomic E-state index is 12.3.